The molecule has 0 saturated heterocycles. The summed E-state index contributed by atoms with van der Waals surface area (Å²) in [6.45, 7) is 0.375. The van der Waals surface area contributed by atoms with E-state index >= 15 is 0 Å². The van der Waals surface area contributed by atoms with Crippen LogP contribution < -0.4 is 0 Å². The van der Waals surface area contributed by atoms with Crippen molar-refractivity contribution in [3.8, 4) is 0 Å². The lowest BCUT2D eigenvalue weighted by Crippen LogP contribution is -1.68. The predicted molar refractivity (Wildman–Crippen MR) is 59.1 cm³/mol. The number of para-hydroxylation sites is 1. The Labute approximate surface area is 90.2 Å². The van der Waals surface area contributed by atoms with Crippen molar-refractivity contribution >= 4 is 33.3 Å². The predicted octanol–water partition coefficient (Wildman–Crippen LogP) is 2.72. The molecule has 4 heteroatoms. The van der Waals surface area contributed by atoms with E-state index in [9.17, 15) is 0 Å². The van der Waals surface area contributed by atoms with E-state index in [2.05, 4.69) is 43.8 Å². The van der Waals surface area contributed by atoms with E-state index in [-0.39, 0.29) is 0 Å². The molecule has 0 aliphatic carbocycles. The van der Waals surface area contributed by atoms with Gasteiger partial charge in [-0.2, -0.15) is 0 Å². The van der Waals surface area contributed by atoms with Gasteiger partial charge in [0, 0.05) is 10.9 Å². The number of benzene rings is 1. The number of methoxy groups -OCH3 is 1. The maximum atomic E-state index is 8.95. The quantitative estimate of drug-likeness (QED) is 0.797. The first-order valence-electron chi connectivity index (χ1n) is 3.97. The Morgan fingerprint density at radius 3 is 2.64 bits per heavy atom. The van der Waals surface area contributed by atoms with Gasteiger partial charge in [-0.05, 0) is 28.1 Å². The first-order chi connectivity index (χ1) is 6.77. The Morgan fingerprint density at radius 2 is 2.07 bits per heavy atom. The van der Waals surface area contributed by atoms with Gasteiger partial charge in [-0.3, -0.25) is 4.79 Å². The van der Waals surface area contributed by atoms with Crippen molar-refractivity contribution in [1.29, 1.82) is 0 Å². The highest BCUT2D eigenvalue weighted by molar-refractivity contribution is 9.10. The van der Waals surface area contributed by atoms with Gasteiger partial charge in [-0.1, -0.05) is 18.2 Å². The van der Waals surface area contributed by atoms with Gasteiger partial charge in [-0.25, -0.2) is 0 Å². The third-order valence-corrected chi connectivity index (χ3v) is 2.02. The molecule has 0 saturated carbocycles. The molecule has 0 aliphatic heterocycles. The number of aromatic nitrogens is 1. The molecule has 0 bridgehead atoms. The minimum atomic E-state index is 0.375. The largest absolute Gasteiger partial charge is 0.471 e. The van der Waals surface area contributed by atoms with Crippen LogP contribution in [0.15, 0.2) is 34.9 Å². The first kappa shape index (κ1) is 10.8. The molecule has 1 aromatic heterocycles. The van der Waals surface area contributed by atoms with E-state index < -0.39 is 0 Å². The third kappa shape index (κ3) is 2.88. The normalized spacial score (nSPS) is 9.00. The molecule has 1 heterocycles. The molecule has 74 valence electrons. The number of H-pyrrole nitrogens is 1. The molecule has 14 heavy (non-hydrogen) atoms. The van der Waals surface area contributed by atoms with Crippen molar-refractivity contribution in [1.82, 2.24) is 4.98 Å². The number of fused-ring (bicyclic) bond motifs is 1. The lowest BCUT2D eigenvalue weighted by molar-refractivity contribution is -0.126. The average molecular weight is 256 g/mol. The third-order valence-electron chi connectivity index (χ3n) is 1.59. The number of halogens is 1. The van der Waals surface area contributed by atoms with Crippen molar-refractivity contribution in [3.05, 3.63) is 34.9 Å². The summed E-state index contributed by atoms with van der Waals surface area (Å²) in [5, 5.41) is 1.24. The molecule has 0 amide bonds. The zero-order chi connectivity index (χ0) is 10.4. The molecular formula is C10H10BrNO2. The van der Waals surface area contributed by atoms with Crippen LogP contribution in [0.4, 0.5) is 0 Å². The van der Waals surface area contributed by atoms with Gasteiger partial charge < -0.3 is 9.72 Å². The lowest BCUT2D eigenvalue weighted by Gasteiger charge is -1.83. The van der Waals surface area contributed by atoms with Crippen LogP contribution in [-0.4, -0.2) is 18.6 Å². The van der Waals surface area contributed by atoms with Crippen molar-refractivity contribution < 1.29 is 9.53 Å². The van der Waals surface area contributed by atoms with Gasteiger partial charge >= 0.3 is 0 Å². The van der Waals surface area contributed by atoms with E-state index in [0.717, 1.165) is 4.60 Å². The summed E-state index contributed by atoms with van der Waals surface area (Å²) in [6.07, 6.45) is 0. The maximum absolute atomic E-state index is 8.95. The van der Waals surface area contributed by atoms with Crippen LogP contribution in [-0.2, 0) is 9.53 Å². The van der Waals surface area contributed by atoms with Gasteiger partial charge in [0.15, 0.2) is 0 Å². The van der Waals surface area contributed by atoms with Gasteiger partial charge in [0.25, 0.3) is 6.47 Å². The number of rotatable bonds is 1. The molecule has 1 N–H and O–H groups in total. The van der Waals surface area contributed by atoms with Crippen molar-refractivity contribution in [2.45, 2.75) is 0 Å². The van der Waals surface area contributed by atoms with E-state index in [1.807, 2.05) is 12.1 Å². The Kier molecular flexibility index (Phi) is 4.19. The van der Waals surface area contributed by atoms with Crippen molar-refractivity contribution in [2.75, 3.05) is 7.11 Å². The van der Waals surface area contributed by atoms with Crippen molar-refractivity contribution in [2.24, 2.45) is 0 Å². The van der Waals surface area contributed by atoms with Gasteiger partial charge in [-0.15, -0.1) is 0 Å². The highest BCUT2D eigenvalue weighted by Crippen LogP contribution is 2.17. The van der Waals surface area contributed by atoms with Crippen LogP contribution in [0.5, 0.6) is 0 Å². The van der Waals surface area contributed by atoms with Crippen LogP contribution in [0.2, 0.25) is 0 Å². The average Bonchev–Trinajstić information content (AvgIpc) is 2.58. The fourth-order valence-electron chi connectivity index (χ4n) is 1.04. The number of aromatic amines is 1. The number of nitrogens with one attached hydrogen (secondary N) is 1. The summed E-state index contributed by atoms with van der Waals surface area (Å²) in [7, 11) is 1.31. The van der Waals surface area contributed by atoms with Gasteiger partial charge in [0.2, 0.25) is 0 Å². The second-order valence-electron chi connectivity index (χ2n) is 2.54. The molecule has 0 spiro atoms. The monoisotopic (exact) mass is 255 g/mol. The highest BCUT2D eigenvalue weighted by atomic mass is 79.9. The summed E-state index contributed by atoms with van der Waals surface area (Å²) >= 11 is 3.37. The molecule has 1 aromatic carbocycles. The van der Waals surface area contributed by atoms with E-state index in [0.29, 0.717) is 6.47 Å². The van der Waals surface area contributed by atoms with Crippen molar-refractivity contribution in [3.63, 3.8) is 0 Å². The minimum Gasteiger partial charge on any atom is -0.471 e. The number of hydrogen-bond donors (Lipinski definition) is 1. The number of carbonyl (C=O) groups excluding carboxylic acids is 1. The molecule has 0 atom stereocenters. The molecule has 0 radical (unpaired) electrons. The van der Waals surface area contributed by atoms with E-state index in [4.69, 9.17) is 4.79 Å². The summed E-state index contributed by atoms with van der Waals surface area (Å²) in [5.41, 5.74) is 1.18. The first-order valence-corrected chi connectivity index (χ1v) is 4.77. The Balaban J connectivity index is 0.000000213. The fourth-order valence-corrected chi connectivity index (χ4v) is 1.50. The highest BCUT2D eigenvalue weighted by Gasteiger charge is 1.93. The molecule has 0 aliphatic rings. The topological polar surface area (TPSA) is 42.1 Å². The molecule has 2 aromatic rings. The summed E-state index contributed by atoms with van der Waals surface area (Å²) in [6, 6.07) is 10.2. The molecule has 0 fully saturated rings. The van der Waals surface area contributed by atoms with E-state index in [1.165, 1.54) is 18.0 Å². The Hall–Kier alpha value is -1.29. The Bertz CT molecular complexity index is 378. The smallest absolute Gasteiger partial charge is 0.292 e. The van der Waals surface area contributed by atoms with Crippen LogP contribution in [0, 0.1) is 0 Å². The maximum Gasteiger partial charge on any atom is 0.292 e. The van der Waals surface area contributed by atoms with E-state index in [1.54, 1.807) is 0 Å². The van der Waals surface area contributed by atoms with Crippen LogP contribution in [0.1, 0.15) is 0 Å². The van der Waals surface area contributed by atoms with Crippen LogP contribution >= 0.6 is 15.9 Å². The number of ether oxygens (including phenoxy) is 1. The minimum absolute atomic E-state index is 0.375. The number of carbonyl (C=O) groups is 1. The van der Waals surface area contributed by atoms with Gasteiger partial charge in [0.05, 0.1) is 11.7 Å². The summed E-state index contributed by atoms with van der Waals surface area (Å²) in [5.74, 6) is 0. The molecular weight excluding hydrogens is 246 g/mol. The lowest BCUT2D eigenvalue weighted by atomic mass is 10.3. The molecule has 3 nitrogen and oxygen atoms in total. The molecule has 2 rings (SSSR count). The standard InChI is InChI=1S/C8H6BrN.C2H4O2/c9-8-5-6-3-1-2-4-7(6)10-8;1-4-2-3/h1-5,10H;2H,1H3. The SMILES string of the molecule is Brc1cc2ccccc2[nH]1.COC=O. The van der Waals surface area contributed by atoms with Crippen LogP contribution in [0.25, 0.3) is 10.9 Å². The zero-order valence-electron chi connectivity index (χ0n) is 7.66. The summed E-state index contributed by atoms with van der Waals surface area (Å²) in [4.78, 5) is 12.1. The fraction of sp³-hybridized carbons (Fsp3) is 0.100. The second kappa shape index (κ2) is 5.44. The molecule has 0 unspecified atom stereocenters. The summed E-state index contributed by atoms with van der Waals surface area (Å²) < 4.78 is 4.90. The second-order valence-corrected chi connectivity index (χ2v) is 3.39. The van der Waals surface area contributed by atoms with Crippen LogP contribution in [0.3, 0.4) is 0 Å². The number of hydrogen-bond acceptors (Lipinski definition) is 2. The zero-order valence-corrected chi connectivity index (χ0v) is 9.24. The Morgan fingerprint density at radius 1 is 1.43 bits per heavy atom. The van der Waals surface area contributed by atoms with Gasteiger partial charge in [0.1, 0.15) is 0 Å².